The van der Waals surface area contributed by atoms with E-state index in [4.69, 9.17) is 5.73 Å². The highest BCUT2D eigenvalue weighted by molar-refractivity contribution is 5.47. The van der Waals surface area contributed by atoms with Crippen LogP contribution in [0.1, 0.15) is 51.2 Å². The molecule has 0 aromatic carbocycles. The molecule has 0 bridgehead atoms. The molecule has 19 heavy (non-hydrogen) atoms. The van der Waals surface area contributed by atoms with Crippen molar-refractivity contribution >= 4 is 5.82 Å². The van der Waals surface area contributed by atoms with Gasteiger partial charge in [-0.3, -0.25) is 0 Å². The minimum atomic E-state index is 0.245. The summed E-state index contributed by atoms with van der Waals surface area (Å²) < 4.78 is 0. The van der Waals surface area contributed by atoms with E-state index < -0.39 is 0 Å². The first-order valence-electron chi connectivity index (χ1n) is 7.58. The summed E-state index contributed by atoms with van der Waals surface area (Å²) in [6.45, 7) is 10.8. The Morgan fingerprint density at radius 2 is 2.05 bits per heavy atom. The lowest BCUT2D eigenvalue weighted by molar-refractivity contribution is 0.644. The minimum Gasteiger partial charge on any atom is -0.357 e. The van der Waals surface area contributed by atoms with Crippen LogP contribution in [0, 0.1) is 6.92 Å². The Bertz CT molecular complexity index is 376. The van der Waals surface area contributed by atoms with Gasteiger partial charge in [0.1, 0.15) is 5.82 Å². The van der Waals surface area contributed by atoms with Crippen molar-refractivity contribution in [3.05, 3.63) is 23.4 Å². The summed E-state index contributed by atoms with van der Waals surface area (Å²) in [6, 6.07) is 2.49. The number of unbranched alkanes of at least 4 members (excludes halogenated alkanes) is 1. The van der Waals surface area contributed by atoms with Crippen LogP contribution >= 0.6 is 0 Å². The molecule has 1 unspecified atom stereocenters. The summed E-state index contributed by atoms with van der Waals surface area (Å²) in [5.41, 5.74) is 8.52. The fraction of sp³-hybridized carbons (Fsp3) is 0.688. The number of rotatable bonds is 8. The largest absolute Gasteiger partial charge is 0.357 e. The van der Waals surface area contributed by atoms with Gasteiger partial charge < -0.3 is 10.6 Å². The molecule has 0 saturated heterocycles. The molecule has 0 aliphatic carbocycles. The number of aromatic nitrogens is 1. The van der Waals surface area contributed by atoms with Crippen molar-refractivity contribution < 1.29 is 0 Å². The van der Waals surface area contributed by atoms with Gasteiger partial charge in [-0.2, -0.15) is 0 Å². The standard InChI is InChI=1S/C16H29N3/c1-5-8-9-19(7-3)16-13(4)10-14(12-18-16)11-15(17)6-2/h10,12,15H,5-9,11,17H2,1-4H3. The molecule has 1 aromatic rings. The SMILES string of the molecule is CCCCN(CC)c1ncc(CC(N)CC)cc1C. The van der Waals surface area contributed by atoms with E-state index in [0.717, 1.165) is 31.7 Å². The predicted octanol–water partition coefficient (Wildman–Crippen LogP) is 3.30. The fourth-order valence-corrected chi connectivity index (χ4v) is 2.28. The maximum atomic E-state index is 6.01. The quantitative estimate of drug-likeness (QED) is 0.782. The van der Waals surface area contributed by atoms with Crippen LogP contribution in [-0.2, 0) is 6.42 Å². The van der Waals surface area contributed by atoms with E-state index in [1.165, 1.54) is 24.0 Å². The maximum Gasteiger partial charge on any atom is 0.131 e. The average Bonchev–Trinajstić information content (AvgIpc) is 2.41. The van der Waals surface area contributed by atoms with Crippen LogP contribution in [0.25, 0.3) is 0 Å². The Balaban J connectivity index is 2.80. The van der Waals surface area contributed by atoms with Gasteiger partial charge in [0.25, 0.3) is 0 Å². The Labute approximate surface area is 118 Å². The third-order valence-electron chi connectivity index (χ3n) is 3.59. The number of nitrogens with two attached hydrogens (primary N) is 1. The number of pyridine rings is 1. The number of aryl methyl sites for hydroxylation is 1. The second kappa shape index (κ2) is 8.16. The molecular formula is C16H29N3. The molecule has 0 amide bonds. The zero-order valence-corrected chi connectivity index (χ0v) is 12.9. The molecule has 1 aromatic heterocycles. The van der Waals surface area contributed by atoms with Gasteiger partial charge in [-0.05, 0) is 44.2 Å². The Kier molecular flexibility index (Phi) is 6.85. The van der Waals surface area contributed by atoms with Crippen LogP contribution in [0.3, 0.4) is 0 Å². The highest BCUT2D eigenvalue weighted by atomic mass is 15.2. The molecule has 2 N–H and O–H groups in total. The van der Waals surface area contributed by atoms with E-state index in [1.54, 1.807) is 0 Å². The topological polar surface area (TPSA) is 42.2 Å². The zero-order chi connectivity index (χ0) is 14.3. The molecule has 0 aliphatic rings. The smallest absolute Gasteiger partial charge is 0.131 e. The molecule has 0 aliphatic heterocycles. The lowest BCUT2D eigenvalue weighted by Crippen LogP contribution is -2.26. The molecule has 108 valence electrons. The van der Waals surface area contributed by atoms with E-state index in [1.807, 2.05) is 6.20 Å². The van der Waals surface area contributed by atoms with Crippen LogP contribution in [0.4, 0.5) is 5.82 Å². The lowest BCUT2D eigenvalue weighted by Gasteiger charge is -2.24. The number of hydrogen-bond acceptors (Lipinski definition) is 3. The van der Waals surface area contributed by atoms with Crippen molar-refractivity contribution in [2.45, 2.75) is 59.4 Å². The first-order chi connectivity index (χ1) is 9.12. The number of anilines is 1. The first-order valence-corrected chi connectivity index (χ1v) is 7.58. The van der Waals surface area contributed by atoms with Gasteiger partial charge in [0, 0.05) is 25.3 Å². The Morgan fingerprint density at radius 3 is 2.58 bits per heavy atom. The van der Waals surface area contributed by atoms with E-state index in [2.05, 4.69) is 43.6 Å². The van der Waals surface area contributed by atoms with Crippen LogP contribution in [0.5, 0.6) is 0 Å². The summed E-state index contributed by atoms with van der Waals surface area (Å²) in [6.07, 6.45) is 6.37. The fourth-order valence-electron chi connectivity index (χ4n) is 2.28. The predicted molar refractivity (Wildman–Crippen MR) is 83.7 cm³/mol. The third kappa shape index (κ3) is 4.83. The molecule has 3 nitrogen and oxygen atoms in total. The van der Waals surface area contributed by atoms with Crippen LogP contribution in [0.15, 0.2) is 12.3 Å². The van der Waals surface area contributed by atoms with Crippen molar-refractivity contribution in [2.75, 3.05) is 18.0 Å². The van der Waals surface area contributed by atoms with Crippen molar-refractivity contribution in [3.8, 4) is 0 Å². The molecule has 0 spiro atoms. The van der Waals surface area contributed by atoms with Crippen molar-refractivity contribution in [3.63, 3.8) is 0 Å². The maximum absolute atomic E-state index is 6.01. The second-order valence-corrected chi connectivity index (χ2v) is 5.29. The molecule has 0 saturated carbocycles. The van der Waals surface area contributed by atoms with Crippen LogP contribution in [0.2, 0.25) is 0 Å². The van der Waals surface area contributed by atoms with Gasteiger partial charge in [-0.1, -0.05) is 26.3 Å². The van der Waals surface area contributed by atoms with Gasteiger partial charge in [0.05, 0.1) is 0 Å². The van der Waals surface area contributed by atoms with E-state index in [0.29, 0.717) is 0 Å². The van der Waals surface area contributed by atoms with Crippen molar-refractivity contribution in [1.29, 1.82) is 0 Å². The molecule has 0 fully saturated rings. The third-order valence-corrected chi connectivity index (χ3v) is 3.59. The summed E-state index contributed by atoms with van der Waals surface area (Å²) in [4.78, 5) is 7.02. The summed E-state index contributed by atoms with van der Waals surface area (Å²) in [5.74, 6) is 1.13. The molecule has 1 atom stereocenters. The molecule has 1 rings (SSSR count). The first kappa shape index (κ1) is 16.0. The Morgan fingerprint density at radius 1 is 1.32 bits per heavy atom. The summed E-state index contributed by atoms with van der Waals surface area (Å²) in [5, 5.41) is 0. The summed E-state index contributed by atoms with van der Waals surface area (Å²) in [7, 11) is 0. The monoisotopic (exact) mass is 263 g/mol. The van der Waals surface area contributed by atoms with Gasteiger partial charge in [0.2, 0.25) is 0 Å². The van der Waals surface area contributed by atoms with Crippen LogP contribution in [-0.4, -0.2) is 24.1 Å². The second-order valence-electron chi connectivity index (χ2n) is 5.29. The lowest BCUT2D eigenvalue weighted by atomic mass is 10.0. The normalized spacial score (nSPS) is 12.5. The van der Waals surface area contributed by atoms with E-state index in [-0.39, 0.29) is 6.04 Å². The van der Waals surface area contributed by atoms with Gasteiger partial charge >= 0.3 is 0 Å². The van der Waals surface area contributed by atoms with Gasteiger partial charge in [0.15, 0.2) is 0 Å². The van der Waals surface area contributed by atoms with E-state index >= 15 is 0 Å². The summed E-state index contributed by atoms with van der Waals surface area (Å²) >= 11 is 0. The van der Waals surface area contributed by atoms with Crippen LogP contribution < -0.4 is 10.6 Å². The highest BCUT2D eigenvalue weighted by Crippen LogP contribution is 2.19. The van der Waals surface area contributed by atoms with Gasteiger partial charge in [-0.15, -0.1) is 0 Å². The minimum absolute atomic E-state index is 0.245. The molecule has 3 heteroatoms. The molecule has 1 heterocycles. The Hall–Kier alpha value is -1.09. The number of nitrogens with zero attached hydrogens (tertiary/aromatic N) is 2. The van der Waals surface area contributed by atoms with Gasteiger partial charge in [-0.25, -0.2) is 4.98 Å². The van der Waals surface area contributed by atoms with Crippen molar-refractivity contribution in [1.82, 2.24) is 4.98 Å². The van der Waals surface area contributed by atoms with Crippen molar-refractivity contribution in [2.24, 2.45) is 5.73 Å². The van der Waals surface area contributed by atoms with E-state index in [9.17, 15) is 0 Å². The zero-order valence-electron chi connectivity index (χ0n) is 12.9. The highest BCUT2D eigenvalue weighted by Gasteiger charge is 2.10. The number of hydrogen-bond donors (Lipinski definition) is 1. The molecular weight excluding hydrogens is 234 g/mol. The average molecular weight is 263 g/mol. The molecule has 0 radical (unpaired) electrons.